The SMILES string of the molecule is O=C1OC23CCCC2C2C4C5C6C7CCCC78OC(=O)C2(C58)C16C43. The van der Waals surface area contributed by atoms with Crippen LogP contribution in [0, 0.1) is 58.2 Å². The number of carbonyl (C=O) groups excluding carboxylic acids is 2. The average Bonchev–Trinajstić information content (AvgIpc) is 3.32. The van der Waals surface area contributed by atoms with Crippen LogP contribution in [0.15, 0.2) is 0 Å². The lowest BCUT2D eigenvalue weighted by molar-refractivity contribution is -0.166. The molecule has 10 fully saturated rings. The first-order valence-electron chi connectivity index (χ1n) is 10.1. The summed E-state index contributed by atoms with van der Waals surface area (Å²) in [5.41, 5.74) is -1.25. The molecule has 8 bridgehead atoms. The molecule has 2 aliphatic heterocycles. The minimum atomic E-state index is -0.454. The molecule has 0 radical (unpaired) electrons. The third-order valence-corrected chi connectivity index (χ3v) is 11.3. The summed E-state index contributed by atoms with van der Waals surface area (Å²) in [4.78, 5) is 27.0. The lowest BCUT2D eigenvalue weighted by Crippen LogP contribution is -2.62. The molecule has 10 rings (SSSR count). The smallest absolute Gasteiger partial charge is 0.314 e. The molecule has 8 saturated carbocycles. The lowest BCUT2D eigenvalue weighted by atomic mass is 9.45. The second kappa shape index (κ2) is 2.59. The van der Waals surface area contributed by atoms with E-state index in [4.69, 9.17) is 9.47 Å². The van der Waals surface area contributed by atoms with Crippen LogP contribution in [0.5, 0.6) is 0 Å². The van der Waals surface area contributed by atoms with Gasteiger partial charge in [-0.05, 0) is 62.2 Å². The highest BCUT2D eigenvalue weighted by atomic mass is 16.6. The number of rotatable bonds is 0. The van der Waals surface area contributed by atoms with Gasteiger partial charge in [0, 0.05) is 23.7 Å². The van der Waals surface area contributed by atoms with Gasteiger partial charge in [-0.15, -0.1) is 0 Å². The molecule has 4 spiro atoms. The van der Waals surface area contributed by atoms with Gasteiger partial charge in [0.15, 0.2) is 0 Å². The van der Waals surface area contributed by atoms with Crippen LogP contribution >= 0.6 is 0 Å². The van der Waals surface area contributed by atoms with Crippen molar-refractivity contribution in [3.05, 3.63) is 0 Å². The highest BCUT2D eigenvalue weighted by Gasteiger charge is 3.09. The van der Waals surface area contributed by atoms with Gasteiger partial charge in [-0.3, -0.25) is 9.59 Å². The molecule has 0 aromatic carbocycles. The maximum absolute atomic E-state index is 13.5. The van der Waals surface area contributed by atoms with E-state index in [1.807, 2.05) is 0 Å². The summed E-state index contributed by atoms with van der Waals surface area (Å²) in [5.74, 6) is 3.77. The molecule has 12 unspecified atom stereocenters. The van der Waals surface area contributed by atoms with E-state index in [1.54, 1.807) is 0 Å². The Kier molecular flexibility index (Phi) is 1.25. The molecule has 0 aromatic rings. The van der Waals surface area contributed by atoms with Gasteiger partial charge in [0.2, 0.25) is 0 Å². The fourth-order valence-electron chi connectivity index (χ4n) is 12.2. The highest BCUT2D eigenvalue weighted by Crippen LogP contribution is 3.02. The molecular formula is C20H20O4. The molecular weight excluding hydrogens is 304 g/mol. The summed E-state index contributed by atoms with van der Waals surface area (Å²) in [6.07, 6.45) is 6.80. The van der Waals surface area contributed by atoms with Crippen molar-refractivity contribution >= 4 is 11.9 Å². The van der Waals surface area contributed by atoms with Gasteiger partial charge in [-0.2, -0.15) is 0 Å². The molecule has 12 atom stereocenters. The first kappa shape index (κ1) is 11.5. The summed E-state index contributed by atoms with van der Waals surface area (Å²) in [7, 11) is 0. The third kappa shape index (κ3) is 0.579. The van der Waals surface area contributed by atoms with Crippen LogP contribution in [0.2, 0.25) is 0 Å². The van der Waals surface area contributed by atoms with E-state index in [0.29, 0.717) is 47.3 Å². The maximum Gasteiger partial charge on any atom is 0.314 e. The van der Waals surface area contributed by atoms with Crippen molar-refractivity contribution in [2.45, 2.75) is 49.7 Å². The Bertz CT molecular complexity index is 767. The van der Waals surface area contributed by atoms with Crippen LogP contribution in [0.4, 0.5) is 0 Å². The average molecular weight is 324 g/mol. The Morgan fingerprint density at radius 1 is 0.750 bits per heavy atom. The Morgan fingerprint density at radius 2 is 1.21 bits per heavy atom. The molecule has 8 aliphatic carbocycles. The van der Waals surface area contributed by atoms with E-state index in [0.717, 1.165) is 25.7 Å². The Hall–Kier alpha value is -1.06. The fraction of sp³-hybridized carbons (Fsp3) is 0.900. The lowest BCUT2D eigenvalue weighted by Gasteiger charge is -2.51. The number of hydrogen-bond donors (Lipinski definition) is 0. The van der Waals surface area contributed by atoms with Crippen LogP contribution < -0.4 is 0 Å². The highest BCUT2D eigenvalue weighted by molar-refractivity contribution is 5.99. The van der Waals surface area contributed by atoms with Crippen molar-refractivity contribution in [3.8, 4) is 0 Å². The van der Waals surface area contributed by atoms with Crippen molar-refractivity contribution in [1.82, 2.24) is 0 Å². The van der Waals surface area contributed by atoms with Gasteiger partial charge in [0.25, 0.3) is 0 Å². The van der Waals surface area contributed by atoms with Crippen molar-refractivity contribution < 1.29 is 19.1 Å². The van der Waals surface area contributed by atoms with E-state index in [9.17, 15) is 9.59 Å². The van der Waals surface area contributed by atoms with E-state index >= 15 is 0 Å². The molecule has 10 aliphatic rings. The predicted octanol–water partition coefficient (Wildman–Crippen LogP) is 1.92. The van der Waals surface area contributed by atoms with Crippen LogP contribution in [0.25, 0.3) is 0 Å². The number of carbonyl (C=O) groups is 2. The van der Waals surface area contributed by atoms with Gasteiger partial charge in [-0.1, -0.05) is 0 Å². The third-order valence-electron chi connectivity index (χ3n) is 11.3. The molecule has 4 nitrogen and oxygen atoms in total. The Labute approximate surface area is 139 Å². The summed E-state index contributed by atoms with van der Waals surface area (Å²) in [6.45, 7) is 0. The molecule has 4 heteroatoms. The van der Waals surface area contributed by atoms with Crippen molar-refractivity contribution in [2.24, 2.45) is 58.2 Å². The van der Waals surface area contributed by atoms with Gasteiger partial charge < -0.3 is 9.47 Å². The predicted molar refractivity (Wildman–Crippen MR) is 78.1 cm³/mol. The molecule has 0 N–H and O–H groups in total. The quantitative estimate of drug-likeness (QED) is 0.639. The minimum absolute atomic E-state index is 0.0405. The molecule has 0 aromatic heterocycles. The normalized spacial score (nSPS) is 78.5. The van der Waals surface area contributed by atoms with Gasteiger partial charge >= 0.3 is 11.9 Å². The summed E-state index contributed by atoms with van der Waals surface area (Å²) in [5, 5.41) is 0. The molecule has 124 valence electrons. The van der Waals surface area contributed by atoms with Crippen LogP contribution in [0.3, 0.4) is 0 Å². The number of hydrogen-bond acceptors (Lipinski definition) is 4. The maximum atomic E-state index is 13.5. The van der Waals surface area contributed by atoms with Crippen LogP contribution in [0.1, 0.15) is 38.5 Å². The Morgan fingerprint density at radius 3 is 1.67 bits per heavy atom. The van der Waals surface area contributed by atoms with Crippen molar-refractivity contribution in [1.29, 1.82) is 0 Å². The summed E-state index contributed by atoms with van der Waals surface area (Å²) < 4.78 is 12.6. The largest absolute Gasteiger partial charge is 0.458 e. The van der Waals surface area contributed by atoms with E-state index in [2.05, 4.69) is 0 Å². The molecule has 2 saturated heterocycles. The molecule has 2 heterocycles. The molecule has 24 heavy (non-hydrogen) atoms. The standard InChI is InChI=1S/C20H20O4/c21-15-20-12-8-4-2-6-18(8)14-10(12)9-11(19(14,20)16(22)24-18)7-3-1-5-17(7,23-15)13(9)20/h7-14H,1-6H2. The van der Waals surface area contributed by atoms with Crippen LogP contribution in [-0.2, 0) is 19.1 Å². The fourth-order valence-corrected chi connectivity index (χ4v) is 12.2. The van der Waals surface area contributed by atoms with Crippen molar-refractivity contribution in [2.75, 3.05) is 0 Å². The number of esters is 2. The first-order valence-corrected chi connectivity index (χ1v) is 10.1. The van der Waals surface area contributed by atoms with Gasteiger partial charge in [0.05, 0.1) is 10.8 Å². The summed E-state index contributed by atoms with van der Waals surface area (Å²) >= 11 is 0. The van der Waals surface area contributed by atoms with Gasteiger partial charge in [-0.25, -0.2) is 0 Å². The minimum Gasteiger partial charge on any atom is -0.458 e. The second-order valence-corrected chi connectivity index (χ2v) is 10.6. The summed E-state index contributed by atoms with van der Waals surface area (Å²) in [6, 6.07) is 0. The van der Waals surface area contributed by atoms with E-state index < -0.39 is 10.8 Å². The monoisotopic (exact) mass is 324 g/mol. The zero-order chi connectivity index (χ0) is 15.4. The first-order chi connectivity index (χ1) is 11.7. The topological polar surface area (TPSA) is 52.6 Å². The van der Waals surface area contributed by atoms with Gasteiger partial charge in [0.1, 0.15) is 11.2 Å². The van der Waals surface area contributed by atoms with Crippen molar-refractivity contribution in [3.63, 3.8) is 0 Å². The zero-order valence-corrected chi connectivity index (χ0v) is 13.5. The van der Waals surface area contributed by atoms with E-state index in [1.165, 1.54) is 12.8 Å². The second-order valence-electron chi connectivity index (χ2n) is 10.6. The Balaban J connectivity index is 1.47. The number of ether oxygens (including phenoxy) is 2. The van der Waals surface area contributed by atoms with E-state index in [-0.39, 0.29) is 23.1 Å². The molecule has 0 amide bonds. The van der Waals surface area contributed by atoms with Crippen LogP contribution in [-0.4, -0.2) is 23.1 Å². The zero-order valence-electron chi connectivity index (χ0n) is 13.5.